The first kappa shape index (κ1) is 21.5. The predicted molar refractivity (Wildman–Crippen MR) is 111 cm³/mol. The van der Waals surface area contributed by atoms with Gasteiger partial charge < -0.3 is 10.6 Å². The lowest BCUT2D eigenvalue weighted by atomic mass is 10.1. The van der Waals surface area contributed by atoms with Crippen LogP contribution in [0.25, 0.3) is 0 Å². The van der Waals surface area contributed by atoms with E-state index in [1.165, 1.54) is 11.8 Å². The van der Waals surface area contributed by atoms with Crippen LogP contribution < -0.4 is 10.6 Å². The van der Waals surface area contributed by atoms with Crippen LogP contribution in [-0.4, -0.2) is 29.1 Å². The van der Waals surface area contributed by atoms with Gasteiger partial charge in [-0.3, -0.25) is 9.59 Å². The quantitative estimate of drug-likeness (QED) is 0.730. The van der Waals surface area contributed by atoms with Gasteiger partial charge in [-0.15, -0.1) is 0 Å². The Balaban J connectivity index is 1.90. The highest BCUT2D eigenvalue weighted by Crippen LogP contribution is 2.23. The van der Waals surface area contributed by atoms with Crippen molar-refractivity contribution < 1.29 is 9.59 Å². The smallest absolute Gasteiger partial charge is 0.243 e. The minimum atomic E-state index is -0.289. The Morgan fingerprint density at radius 2 is 1.68 bits per heavy atom. The number of nitriles is 1. The van der Waals surface area contributed by atoms with Crippen molar-refractivity contribution >= 4 is 29.3 Å². The summed E-state index contributed by atoms with van der Waals surface area (Å²) in [7, 11) is 0. The topological polar surface area (TPSA) is 94.9 Å². The molecular weight excluding hydrogens is 372 g/mol. The van der Waals surface area contributed by atoms with E-state index in [-0.39, 0.29) is 24.1 Å². The van der Waals surface area contributed by atoms with Crippen molar-refractivity contribution in [3.63, 3.8) is 0 Å². The zero-order chi connectivity index (χ0) is 20.8. The van der Waals surface area contributed by atoms with Gasteiger partial charge in [-0.2, -0.15) is 5.26 Å². The van der Waals surface area contributed by atoms with Crippen LogP contribution >= 0.6 is 11.8 Å². The number of thioether (sulfide) groups is 1. The molecule has 0 aliphatic carbocycles. The Morgan fingerprint density at radius 3 is 2.29 bits per heavy atom. The normalized spacial score (nSPS) is 10.3. The highest BCUT2D eigenvalue weighted by Gasteiger charge is 2.13. The number of aryl methyl sites for hydroxylation is 5. The molecule has 1 heterocycles. The standard InChI is InChI=1S/C21H24N4O2S/c1-12-6-14(3)20(15(4)7-12)25-18(26)10-23-19(27)11-28-21-17(9-22)13(2)8-16(5)24-21/h6-8H,10-11H2,1-5H3,(H,23,27)(H,25,26). The van der Waals surface area contributed by atoms with E-state index in [1.807, 2.05) is 52.8 Å². The molecule has 0 radical (unpaired) electrons. The number of nitrogens with zero attached hydrogens (tertiary/aromatic N) is 2. The highest BCUT2D eigenvalue weighted by molar-refractivity contribution is 8.00. The lowest BCUT2D eigenvalue weighted by Crippen LogP contribution is -2.34. The second-order valence-electron chi connectivity index (χ2n) is 6.76. The van der Waals surface area contributed by atoms with Crippen LogP contribution in [0.1, 0.15) is 33.5 Å². The second kappa shape index (κ2) is 9.38. The average molecular weight is 397 g/mol. The Hall–Kier alpha value is -2.85. The molecule has 0 spiro atoms. The fraction of sp³-hybridized carbons (Fsp3) is 0.333. The summed E-state index contributed by atoms with van der Waals surface area (Å²) in [6, 6.07) is 7.97. The molecule has 1 aromatic carbocycles. The van der Waals surface area contributed by atoms with Crippen molar-refractivity contribution in [2.24, 2.45) is 0 Å². The first-order valence-electron chi connectivity index (χ1n) is 8.86. The number of carbonyl (C=O) groups excluding carboxylic acids is 2. The molecule has 2 aromatic rings. The Morgan fingerprint density at radius 1 is 1.04 bits per heavy atom. The third-order valence-corrected chi connectivity index (χ3v) is 5.13. The summed E-state index contributed by atoms with van der Waals surface area (Å²) in [6.45, 7) is 9.46. The summed E-state index contributed by atoms with van der Waals surface area (Å²) < 4.78 is 0. The maximum Gasteiger partial charge on any atom is 0.243 e. The van der Waals surface area contributed by atoms with Gasteiger partial charge in [-0.25, -0.2) is 4.98 Å². The number of amides is 2. The maximum atomic E-state index is 12.2. The van der Waals surface area contributed by atoms with Crippen molar-refractivity contribution in [3.8, 4) is 6.07 Å². The molecule has 28 heavy (non-hydrogen) atoms. The van der Waals surface area contributed by atoms with Gasteiger partial charge in [0, 0.05) is 11.4 Å². The molecule has 146 valence electrons. The lowest BCUT2D eigenvalue weighted by molar-refractivity contribution is -0.122. The van der Waals surface area contributed by atoms with Gasteiger partial charge in [0.05, 0.1) is 17.9 Å². The van der Waals surface area contributed by atoms with E-state index in [1.54, 1.807) is 0 Å². The molecule has 1 aromatic heterocycles. The van der Waals surface area contributed by atoms with Crippen molar-refractivity contribution in [1.82, 2.24) is 10.3 Å². The van der Waals surface area contributed by atoms with Crippen LogP contribution in [0.3, 0.4) is 0 Å². The number of aromatic nitrogens is 1. The number of benzene rings is 1. The molecule has 2 rings (SSSR count). The van der Waals surface area contributed by atoms with E-state index in [2.05, 4.69) is 21.7 Å². The summed E-state index contributed by atoms with van der Waals surface area (Å²) in [5.74, 6) is -0.488. The van der Waals surface area contributed by atoms with Crippen molar-refractivity contribution in [3.05, 3.63) is 51.7 Å². The average Bonchev–Trinajstić information content (AvgIpc) is 2.60. The van der Waals surface area contributed by atoms with E-state index >= 15 is 0 Å². The van der Waals surface area contributed by atoms with Crippen LogP contribution in [0, 0.1) is 45.9 Å². The fourth-order valence-corrected chi connectivity index (χ4v) is 3.90. The molecular formula is C21H24N4O2S. The zero-order valence-corrected chi connectivity index (χ0v) is 17.6. The van der Waals surface area contributed by atoms with Gasteiger partial charge in [0.25, 0.3) is 0 Å². The molecule has 2 amide bonds. The summed E-state index contributed by atoms with van der Waals surface area (Å²) in [5.41, 5.74) is 5.98. The van der Waals surface area contributed by atoms with Crippen molar-refractivity contribution in [2.45, 2.75) is 39.6 Å². The first-order valence-corrected chi connectivity index (χ1v) is 9.85. The Labute approximate surface area is 169 Å². The molecule has 0 fully saturated rings. The van der Waals surface area contributed by atoms with Crippen molar-refractivity contribution in [2.75, 3.05) is 17.6 Å². The van der Waals surface area contributed by atoms with E-state index in [4.69, 9.17) is 0 Å². The van der Waals surface area contributed by atoms with Crippen LogP contribution in [0.15, 0.2) is 23.2 Å². The number of hydrogen-bond donors (Lipinski definition) is 2. The molecule has 0 atom stereocenters. The second-order valence-corrected chi connectivity index (χ2v) is 7.72. The number of pyridine rings is 1. The van der Waals surface area contributed by atoms with Crippen molar-refractivity contribution in [1.29, 1.82) is 5.26 Å². The van der Waals surface area contributed by atoms with Gasteiger partial charge in [0.1, 0.15) is 11.1 Å². The minimum Gasteiger partial charge on any atom is -0.346 e. The molecule has 0 aliphatic rings. The highest BCUT2D eigenvalue weighted by atomic mass is 32.2. The third-order valence-electron chi connectivity index (χ3n) is 4.15. The summed E-state index contributed by atoms with van der Waals surface area (Å²) in [5, 5.41) is 15.3. The maximum absolute atomic E-state index is 12.2. The molecule has 0 aliphatic heterocycles. The molecule has 7 heteroatoms. The lowest BCUT2D eigenvalue weighted by Gasteiger charge is -2.13. The SMILES string of the molecule is Cc1cc(C)c(NC(=O)CNC(=O)CSc2nc(C)cc(C)c2C#N)c(C)c1. The molecule has 0 saturated carbocycles. The molecule has 0 bridgehead atoms. The predicted octanol–water partition coefficient (Wildman–Crippen LogP) is 3.34. The summed E-state index contributed by atoms with van der Waals surface area (Å²) in [6.07, 6.45) is 0. The first-order chi connectivity index (χ1) is 13.2. The monoisotopic (exact) mass is 396 g/mol. The molecule has 6 nitrogen and oxygen atoms in total. The molecule has 2 N–H and O–H groups in total. The van der Waals surface area contributed by atoms with Crippen LogP contribution in [0.4, 0.5) is 5.69 Å². The van der Waals surface area contributed by atoms with Crippen LogP contribution in [0.2, 0.25) is 0 Å². The number of nitrogens with one attached hydrogen (secondary N) is 2. The summed E-state index contributed by atoms with van der Waals surface area (Å²) in [4.78, 5) is 28.6. The van der Waals surface area contributed by atoms with Gasteiger partial charge >= 0.3 is 0 Å². The number of rotatable bonds is 6. The van der Waals surface area contributed by atoms with Crippen LogP contribution in [-0.2, 0) is 9.59 Å². The number of carbonyl (C=O) groups is 2. The van der Waals surface area contributed by atoms with E-state index in [0.717, 1.165) is 33.6 Å². The fourth-order valence-electron chi connectivity index (χ4n) is 2.97. The molecule has 0 unspecified atom stereocenters. The molecule has 0 saturated heterocycles. The zero-order valence-electron chi connectivity index (χ0n) is 16.8. The number of anilines is 1. The summed E-state index contributed by atoms with van der Waals surface area (Å²) >= 11 is 1.19. The minimum absolute atomic E-state index is 0.0838. The number of hydrogen-bond acceptors (Lipinski definition) is 5. The van der Waals surface area contributed by atoms with Gasteiger partial charge in [0.2, 0.25) is 11.8 Å². The van der Waals surface area contributed by atoms with E-state index in [9.17, 15) is 14.9 Å². The van der Waals surface area contributed by atoms with Gasteiger partial charge in [-0.1, -0.05) is 29.5 Å². The van der Waals surface area contributed by atoms with Gasteiger partial charge in [-0.05, 0) is 57.4 Å². The Bertz CT molecular complexity index is 941. The van der Waals surface area contributed by atoms with E-state index < -0.39 is 0 Å². The third kappa shape index (κ3) is 5.57. The Kier molecular flexibility index (Phi) is 7.18. The van der Waals surface area contributed by atoms with E-state index in [0.29, 0.717) is 10.6 Å². The van der Waals surface area contributed by atoms with Gasteiger partial charge in [0.15, 0.2) is 0 Å². The largest absolute Gasteiger partial charge is 0.346 e. The van der Waals surface area contributed by atoms with Crippen LogP contribution in [0.5, 0.6) is 0 Å².